The van der Waals surface area contributed by atoms with Gasteiger partial charge in [0.05, 0.1) is 42.3 Å². The molecule has 2 saturated carbocycles. The highest BCUT2D eigenvalue weighted by molar-refractivity contribution is 5.96. The Bertz CT molecular complexity index is 3240. The maximum Gasteiger partial charge on any atom is 0.351 e. The number of likely N-dealkylation sites (N-methyl/N-ethyl adjacent to an activating group) is 1. The summed E-state index contributed by atoms with van der Waals surface area (Å²) in [6, 6.07) is 25.8. The van der Waals surface area contributed by atoms with Crippen LogP contribution in [0.5, 0.6) is 0 Å². The summed E-state index contributed by atoms with van der Waals surface area (Å²) < 4.78 is 87.7. The second kappa shape index (κ2) is 25.6. The Hall–Kier alpha value is -7.32. The number of ketones is 1. The molecule has 3 aliphatic carbocycles. The number of alkyl halides is 2. The molecular weight excluding hydrogens is 1130 g/mol. The molecule has 2 bridgehead atoms. The molecule has 2 saturated heterocycles. The fourth-order valence-electron chi connectivity index (χ4n) is 13.4. The largest absolute Gasteiger partial charge is 0.456 e. The molecule has 1 amide bonds. The van der Waals surface area contributed by atoms with Crippen LogP contribution in [-0.4, -0.2) is 177 Å². The summed E-state index contributed by atoms with van der Waals surface area (Å²) in [5.41, 5.74) is -6.77. The number of methoxy groups -OCH3 is 4. The highest BCUT2D eigenvalue weighted by Crippen LogP contribution is 2.65. The molecule has 464 valence electrons. The maximum atomic E-state index is 15.8. The standard InChI is InChI=1S/C50H57NO14.C12H17F2N3O4/c1-28-34(63-46(57)40(60-9)38(31-19-13-10-14-20-31)51(7)44(55)32-21-15-11-16-22-32)26-50(58)43(64-45(56)33-23-17-12-18-24-33)41-48(6,42(54)39(62-29(2)52)37(28)47(50,4)5)35(59-8)25-36-49(41,27-61-36)65-30(3)53;1-15-8-4-5-17(11(18)16-8)10-12(13,14)9(20-3)7(21-10)6-19-2/h10-24,34-36,38-41,43,58H,25-27H2,1-9H3;4-5,7,9-10H,6H2,1-3H3,(H,15,16,18)/t34-,35-,36+,38-,39+,40+,41-,43-,48+,49-,50+;/m0./s1. The number of nitrogens with zero attached hydrogens (tertiary/aromatic N) is 3. The number of carbonyl (C=O) groups is 6. The summed E-state index contributed by atoms with van der Waals surface area (Å²) in [5.74, 6) is -8.92. The molecule has 24 heteroatoms. The molecule has 9 rings (SSSR count). The molecule has 3 aromatic carbocycles. The Kier molecular flexibility index (Phi) is 19.2. The molecule has 1 aromatic heterocycles. The van der Waals surface area contributed by atoms with Crippen molar-refractivity contribution in [1.82, 2.24) is 14.5 Å². The molecule has 0 spiro atoms. The summed E-state index contributed by atoms with van der Waals surface area (Å²) >= 11 is 0. The van der Waals surface area contributed by atoms with Gasteiger partial charge in [0.15, 0.2) is 29.7 Å². The number of nitrogens with one attached hydrogen (secondary N) is 1. The fraction of sp³-hybridized carbons (Fsp3) is 0.516. The zero-order valence-electron chi connectivity index (χ0n) is 50.0. The first-order valence-corrected chi connectivity index (χ1v) is 27.9. The molecule has 3 heterocycles. The van der Waals surface area contributed by atoms with E-state index < -0.39 is 143 Å². The summed E-state index contributed by atoms with van der Waals surface area (Å²) in [6.45, 7) is 8.53. The molecule has 5 aliphatic rings. The number of benzene rings is 3. The van der Waals surface area contributed by atoms with Crippen molar-refractivity contribution in [3.05, 3.63) is 142 Å². The van der Waals surface area contributed by atoms with Crippen molar-refractivity contribution in [3.8, 4) is 0 Å². The Balaban J connectivity index is 0.000000384. The van der Waals surface area contributed by atoms with Crippen molar-refractivity contribution in [1.29, 1.82) is 0 Å². The fourth-order valence-corrected chi connectivity index (χ4v) is 13.4. The van der Waals surface area contributed by atoms with E-state index in [-0.39, 0.29) is 42.2 Å². The number of carbonyl (C=O) groups excluding carboxylic acids is 6. The number of halogens is 2. The summed E-state index contributed by atoms with van der Waals surface area (Å²) in [4.78, 5) is 102. The van der Waals surface area contributed by atoms with Crippen LogP contribution in [0, 0.1) is 16.7 Å². The minimum Gasteiger partial charge on any atom is -0.456 e. The topological polar surface area (TPSA) is 265 Å². The SMILES string of the molecule is CNc1ccn(C2OC(COC)C(OC)C2(F)F)c(=O)n1.CO[C@H]1C[C@H]2OC[C@@]2(OC(C)=O)[C@H]2[C@H](OC(=O)c3ccccc3)[C@]3(O)C[C@H](OC(=O)[C@H](OC)[C@H](c4ccccc4)N(C)C(=O)c4ccccc4)C(C)=C([C@@H](OC(C)=O)C(=O)[C@]12C)C3(C)C. The quantitative estimate of drug-likeness (QED) is 0.0712. The second-order valence-corrected chi connectivity index (χ2v) is 22.7. The monoisotopic (exact) mass is 1200 g/mol. The molecule has 14 atom stereocenters. The van der Waals surface area contributed by atoms with Gasteiger partial charge >= 0.3 is 35.5 Å². The Labute approximate surface area is 496 Å². The van der Waals surface area contributed by atoms with Gasteiger partial charge in [0.2, 0.25) is 6.23 Å². The first-order valence-electron chi connectivity index (χ1n) is 27.9. The lowest BCUT2D eigenvalue weighted by molar-refractivity contribution is -0.347. The molecule has 86 heavy (non-hydrogen) atoms. The van der Waals surface area contributed by atoms with Crippen LogP contribution in [0.3, 0.4) is 0 Å². The van der Waals surface area contributed by atoms with Gasteiger partial charge in [0.1, 0.15) is 35.8 Å². The van der Waals surface area contributed by atoms with Crippen molar-refractivity contribution in [2.24, 2.45) is 16.7 Å². The van der Waals surface area contributed by atoms with E-state index in [1.54, 1.807) is 121 Å². The van der Waals surface area contributed by atoms with Crippen molar-refractivity contribution in [2.45, 2.75) is 133 Å². The predicted octanol–water partition coefficient (Wildman–Crippen LogP) is 5.87. The minimum absolute atomic E-state index is 0.0525. The number of hydrogen-bond donors (Lipinski definition) is 2. The van der Waals surface area contributed by atoms with Crippen LogP contribution in [-0.2, 0) is 66.5 Å². The number of aromatic nitrogens is 2. The van der Waals surface area contributed by atoms with Crippen LogP contribution in [0.25, 0.3) is 0 Å². The van der Waals surface area contributed by atoms with Crippen molar-refractivity contribution < 1.29 is 90.0 Å². The van der Waals surface area contributed by atoms with Gasteiger partial charge < -0.3 is 62.7 Å². The number of aliphatic hydroxyl groups is 1. The average Bonchev–Trinajstić information content (AvgIpc) is 0.780. The molecule has 3 unspecified atom stereocenters. The third-order valence-corrected chi connectivity index (χ3v) is 17.6. The maximum absolute atomic E-state index is 15.8. The normalized spacial score (nSPS) is 30.2. The molecule has 4 aromatic rings. The molecule has 0 radical (unpaired) electrons. The van der Waals surface area contributed by atoms with Gasteiger partial charge in [-0.05, 0) is 60.9 Å². The lowest BCUT2D eigenvalue weighted by Crippen LogP contribution is -2.82. The highest BCUT2D eigenvalue weighted by Gasteiger charge is 2.79. The van der Waals surface area contributed by atoms with E-state index in [1.807, 2.05) is 0 Å². The van der Waals surface area contributed by atoms with Crippen LogP contribution in [0.2, 0.25) is 0 Å². The lowest BCUT2D eigenvalue weighted by atomic mass is 9.44. The zero-order valence-corrected chi connectivity index (χ0v) is 50.0. The molecule has 4 fully saturated rings. The zero-order chi connectivity index (χ0) is 62.8. The summed E-state index contributed by atoms with van der Waals surface area (Å²) in [6.07, 6.45) is -11.6. The molecule has 2 aliphatic heterocycles. The average molecular weight is 1200 g/mol. The van der Waals surface area contributed by atoms with Crippen LogP contribution < -0.4 is 11.0 Å². The van der Waals surface area contributed by atoms with E-state index in [0.29, 0.717) is 11.1 Å². The van der Waals surface area contributed by atoms with Crippen LogP contribution in [0.15, 0.2) is 119 Å². The number of fused-ring (bicyclic) bond motifs is 5. The van der Waals surface area contributed by atoms with Gasteiger partial charge in [-0.15, -0.1) is 0 Å². The number of esters is 4. The van der Waals surface area contributed by atoms with Crippen molar-refractivity contribution >= 4 is 41.4 Å². The van der Waals surface area contributed by atoms with E-state index in [9.17, 15) is 42.7 Å². The number of anilines is 1. The van der Waals surface area contributed by atoms with Crippen LogP contribution in [0.4, 0.5) is 14.6 Å². The van der Waals surface area contributed by atoms with Crippen LogP contribution in [0.1, 0.15) is 92.9 Å². The first-order chi connectivity index (χ1) is 40.7. The van der Waals surface area contributed by atoms with E-state index in [0.717, 1.165) is 18.6 Å². The van der Waals surface area contributed by atoms with Gasteiger partial charge in [0, 0.05) is 86.4 Å². The Morgan fingerprint density at radius 3 is 1.98 bits per heavy atom. The Morgan fingerprint density at radius 1 is 0.837 bits per heavy atom. The first kappa shape index (κ1) is 64.7. The van der Waals surface area contributed by atoms with E-state index in [2.05, 4.69) is 10.3 Å². The number of amides is 1. The van der Waals surface area contributed by atoms with E-state index in [4.69, 9.17) is 47.4 Å². The molecular formula is C62H74F2N4O18. The molecule has 22 nitrogen and oxygen atoms in total. The van der Waals surface area contributed by atoms with Gasteiger partial charge in [-0.2, -0.15) is 13.8 Å². The van der Waals surface area contributed by atoms with Gasteiger partial charge in [-0.3, -0.25) is 23.7 Å². The third kappa shape index (κ3) is 11.5. The van der Waals surface area contributed by atoms with Gasteiger partial charge in [-0.25, -0.2) is 14.4 Å². The lowest BCUT2D eigenvalue weighted by Gasteiger charge is -2.67. The second-order valence-electron chi connectivity index (χ2n) is 22.7. The number of hydrogen-bond acceptors (Lipinski definition) is 20. The Morgan fingerprint density at radius 2 is 1.45 bits per heavy atom. The van der Waals surface area contributed by atoms with Crippen molar-refractivity contribution in [3.63, 3.8) is 0 Å². The highest BCUT2D eigenvalue weighted by atomic mass is 19.3. The summed E-state index contributed by atoms with van der Waals surface area (Å²) in [5, 5.41) is 16.6. The minimum atomic E-state index is -3.38. The number of Topliss-reactive ketones (excluding diaryl/α,β-unsaturated/α-hetero) is 1. The summed E-state index contributed by atoms with van der Waals surface area (Å²) in [7, 11) is 8.37. The van der Waals surface area contributed by atoms with Crippen LogP contribution >= 0.6 is 0 Å². The number of rotatable bonds is 17. The van der Waals surface area contributed by atoms with Crippen molar-refractivity contribution in [2.75, 3.05) is 61.1 Å². The third-order valence-electron chi connectivity index (χ3n) is 17.6. The molecule has 2 N–H and O–H groups in total. The smallest absolute Gasteiger partial charge is 0.351 e. The van der Waals surface area contributed by atoms with E-state index >= 15 is 4.79 Å². The van der Waals surface area contributed by atoms with Gasteiger partial charge in [-0.1, -0.05) is 80.6 Å². The van der Waals surface area contributed by atoms with E-state index in [1.165, 1.54) is 57.5 Å². The van der Waals surface area contributed by atoms with Gasteiger partial charge in [0.25, 0.3) is 5.91 Å². The number of ether oxygens (including phenoxy) is 10. The predicted molar refractivity (Wildman–Crippen MR) is 301 cm³/mol.